The number of likely N-dealkylation sites (tertiary alicyclic amines) is 1. The van der Waals surface area contributed by atoms with E-state index in [0.717, 1.165) is 35.3 Å². The van der Waals surface area contributed by atoms with Crippen LogP contribution in [0.3, 0.4) is 0 Å². The molecule has 0 spiro atoms. The van der Waals surface area contributed by atoms with Gasteiger partial charge in [-0.3, -0.25) is 9.69 Å². The van der Waals surface area contributed by atoms with Crippen molar-refractivity contribution in [2.75, 3.05) is 20.1 Å². The van der Waals surface area contributed by atoms with Crippen LogP contribution in [-0.2, 0) is 24.3 Å². The number of piperidine rings is 1. The molecule has 1 amide bonds. The number of nitrogens with zero attached hydrogens (tertiary/aromatic N) is 4. The number of benzene rings is 3. The molecule has 1 fully saturated rings. The summed E-state index contributed by atoms with van der Waals surface area (Å²) in [6.45, 7) is 2.55. The molecule has 0 radical (unpaired) electrons. The number of carbonyl (C=O) groups excluding carboxylic acids is 1. The summed E-state index contributed by atoms with van der Waals surface area (Å²) < 4.78 is 25.2. The first-order valence-electron chi connectivity index (χ1n) is 12.9. The molecule has 2 heterocycles. The van der Waals surface area contributed by atoms with Crippen molar-refractivity contribution in [1.82, 2.24) is 20.0 Å². The van der Waals surface area contributed by atoms with Gasteiger partial charge in [-0.25, -0.2) is 4.39 Å². The summed E-state index contributed by atoms with van der Waals surface area (Å²) in [7, 11) is 2.01. The highest BCUT2D eigenvalue weighted by Crippen LogP contribution is 2.22. The summed E-state index contributed by atoms with van der Waals surface area (Å²) in [5, 5.41) is 8.35. The Morgan fingerprint density at radius 1 is 0.974 bits per heavy atom. The van der Waals surface area contributed by atoms with E-state index in [4.69, 9.17) is 9.15 Å². The van der Waals surface area contributed by atoms with Crippen molar-refractivity contribution >= 4 is 5.91 Å². The number of halogens is 1. The summed E-state index contributed by atoms with van der Waals surface area (Å²) in [6, 6.07) is 23.9. The highest BCUT2D eigenvalue weighted by molar-refractivity contribution is 5.78. The molecule has 1 saturated heterocycles. The summed E-state index contributed by atoms with van der Waals surface area (Å²) in [5.74, 6) is 1.69. The molecule has 0 aliphatic carbocycles. The van der Waals surface area contributed by atoms with E-state index in [1.807, 2.05) is 54.4 Å². The molecule has 7 nitrogen and oxygen atoms in total. The highest BCUT2D eigenvalue weighted by atomic mass is 19.1. The lowest BCUT2D eigenvalue weighted by molar-refractivity contribution is -0.132. The first-order chi connectivity index (χ1) is 18.5. The minimum atomic E-state index is -0.292. The van der Waals surface area contributed by atoms with Crippen LogP contribution >= 0.6 is 0 Å². The van der Waals surface area contributed by atoms with Crippen LogP contribution in [0, 0.1) is 5.82 Å². The van der Waals surface area contributed by atoms with Crippen molar-refractivity contribution in [3.05, 3.63) is 102 Å². The van der Waals surface area contributed by atoms with E-state index >= 15 is 0 Å². The predicted octanol–water partition coefficient (Wildman–Crippen LogP) is 5.12. The van der Waals surface area contributed by atoms with Gasteiger partial charge in [0.05, 0.1) is 13.0 Å². The Bertz CT molecular complexity index is 1340. The summed E-state index contributed by atoms with van der Waals surface area (Å²) in [4.78, 5) is 16.6. The zero-order valence-electron chi connectivity index (χ0n) is 21.4. The lowest BCUT2D eigenvalue weighted by Gasteiger charge is -2.32. The van der Waals surface area contributed by atoms with E-state index < -0.39 is 0 Å². The third-order valence-corrected chi connectivity index (χ3v) is 6.61. The fourth-order valence-corrected chi connectivity index (χ4v) is 4.63. The molecule has 0 unspecified atom stereocenters. The van der Waals surface area contributed by atoms with Crippen molar-refractivity contribution in [2.24, 2.45) is 0 Å². The van der Waals surface area contributed by atoms with Gasteiger partial charge in [0.1, 0.15) is 17.7 Å². The Kier molecular flexibility index (Phi) is 8.09. The minimum Gasteiger partial charge on any atom is -0.490 e. The van der Waals surface area contributed by atoms with Crippen molar-refractivity contribution in [3.63, 3.8) is 0 Å². The summed E-state index contributed by atoms with van der Waals surface area (Å²) in [5.41, 5.74) is 2.86. The van der Waals surface area contributed by atoms with Gasteiger partial charge in [-0.05, 0) is 54.6 Å². The van der Waals surface area contributed by atoms with Crippen LogP contribution in [-0.4, -0.2) is 52.1 Å². The molecular formula is C30H31FN4O3. The Labute approximate surface area is 221 Å². The van der Waals surface area contributed by atoms with E-state index in [9.17, 15) is 9.18 Å². The predicted molar refractivity (Wildman–Crippen MR) is 142 cm³/mol. The largest absolute Gasteiger partial charge is 0.490 e. The smallest absolute Gasteiger partial charge is 0.247 e. The number of amides is 1. The number of ether oxygens (including phenoxy) is 1. The third kappa shape index (κ3) is 6.83. The second-order valence-corrected chi connectivity index (χ2v) is 9.69. The average Bonchev–Trinajstić information content (AvgIpc) is 3.39. The Morgan fingerprint density at radius 2 is 1.74 bits per heavy atom. The monoisotopic (exact) mass is 514 g/mol. The maximum atomic E-state index is 13.1. The molecular weight excluding hydrogens is 483 g/mol. The minimum absolute atomic E-state index is 0.0626. The average molecular weight is 515 g/mol. The van der Waals surface area contributed by atoms with Gasteiger partial charge in [-0.2, -0.15) is 0 Å². The van der Waals surface area contributed by atoms with E-state index in [1.54, 1.807) is 12.1 Å². The van der Waals surface area contributed by atoms with Crippen LogP contribution in [0.4, 0.5) is 4.39 Å². The molecule has 1 aliphatic rings. The number of hydrogen-bond acceptors (Lipinski definition) is 6. The summed E-state index contributed by atoms with van der Waals surface area (Å²) in [6.07, 6.45) is 1.91. The van der Waals surface area contributed by atoms with Crippen LogP contribution in [0.2, 0.25) is 0 Å². The summed E-state index contributed by atoms with van der Waals surface area (Å²) >= 11 is 0. The maximum absolute atomic E-state index is 13.1. The molecule has 0 atom stereocenters. The van der Waals surface area contributed by atoms with Crippen molar-refractivity contribution in [2.45, 2.75) is 38.5 Å². The van der Waals surface area contributed by atoms with Gasteiger partial charge in [-0.1, -0.05) is 42.5 Å². The lowest BCUT2D eigenvalue weighted by Crippen LogP contribution is -2.42. The topological polar surface area (TPSA) is 71.7 Å². The number of rotatable bonds is 9. The Hall–Kier alpha value is -4.04. The SMILES string of the molecule is CN(Cc1cccc(OC2CCN(C(=O)Cc3ccc(F)cc3)CC2)c1)Cc1nnc(-c2ccccc2)o1. The van der Waals surface area contributed by atoms with Crippen LogP contribution in [0.25, 0.3) is 11.5 Å². The second kappa shape index (κ2) is 12.0. The van der Waals surface area contributed by atoms with Gasteiger partial charge >= 0.3 is 0 Å². The molecule has 5 rings (SSSR count). The quantitative estimate of drug-likeness (QED) is 0.309. The van der Waals surface area contributed by atoms with Gasteiger partial charge in [0.15, 0.2) is 0 Å². The molecule has 0 saturated carbocycles. The lowest BCUT2D eigenvalue weighted by atomic mass is 10.1. The number of aromatic nitrogens is 2. The van der Waals surface area contributed by atoms with Crippen molar-refractivity contribution in [3.8, 4) is 17.2 Å². The third-order valence-electron chi connectivity index (χ3n) is 6.61. The number of hydrogen-bond donors (Lipinski definition) is 0. The standard InChI is InChI=1S/C30H31FN4O3/c1-34(21-28-32-33-30(38-28)24-7-3-2-4-8-24)20-23-6-5-9-27(18-23)37-26-14-16-35(17-15-26)29(36)19-22-10-12-25(31)13-11-22/h2-13,18,26H,14-17,19-21H2,1H3. The zero-order chi connectivity index (χ0) is 26.3. The molecule has 38 heavy (non-hydrogen) atoms. The molecule has 3 aromatic carbocycles. The molecule has 8 heteroatoms. The molecule has 1 aromatic heterocycles. The molecule has 0 bridgehead atoms. The Morgan fingerprint density at radius 3 is 2.50 bits per heavy atom. The van der Waals surface area contributed by atoms with Crippen molar-refractivity contribution in [1.29, 1.82) is 0 Å². The molecule has 1 aliphatic heterocycles. The Balaban J connectivity index is 1.09. The van der Waals surface area contributed by atoms with E-state index in [0.29, 0.717) is 44.4 Å². The molecule has 4 aromatic rings. The van der Waals surface area contributed by atoms with E-state index in [1.165, 1.54) is 12.1 Å². The van der Waals surface area contributed by atoms with Crippen LogP contribution in [0.1, 0.15) is 29.9 Å². The first-order valence-corrected chi connectivity index (χ1v) is 12.9. The van der Waals surface area contributed by atoms with Crippen LogP contribution in [0.15, 0.2) is 83.3 Å². The second-order valence-electron chi connectivity index (χ2n) is 9.69. The van der Waals surface area contributed by atoms with Gasteiger partial charge < -0.3 is 14.1 Å². The molecule has 0 N–H and O–H groups in total. The van der Waals surface area contributed by atoms with E-state index in [2.05, 4.69) is 27.2 Å². The fourth-order valence-electron chi connectivity index (χ4n) is 4.63. The number of carbonyl (C=O) groups is 1. The van der Waals surface area contributed by atoms with E-state index in [-0.39, 0.29) is 17.8 Å². The fraction of sp³-hybridized carbons (Fsp3) is 0.300. The normalized spacial score (nSPS) is 14.1. The van der Waals surface area contributed by atoms with Gasteiger partial charge in [-0.15, -0.1) is 10.2 Å². The molecule has 196 valence electrons. The highest BCUT2D eigenvalue weighted by Gasteiger charge is 2.24. The van der Waals surface area contributed by atoms with Crippen LogP contribution in [0.5, 0.6) is 5.75 Å². The van der Waals surface area contributed by atoms with Crippen LogP contribution < -0.4 is 4.74 Å². The van der Waals surface area contributed by atoms with Gasteiger partial charge in [0.2, 0.25) is 17.7 Å². The maximum Gasteiger partial charge on any atom is 0.247 e. The van der Waals surface area contributed by atoms with Gasteiger partial charge in [0, 0.05) is 38.0 Å². The zero-order valence-corrected chi connectivity index (χ0v) is 21.4. The first kappa shape index (κ1) is 25.6. The van der Waals surface area contributed by atoms with Crippen molar-refractivity contribution < 1.29 is 18.3 Å². The van der Waals surface area contributed by atoms with Gasteiger partial charge in [0.25, 0.3) is 0 Å².